The van der Waals surface area contributed by atoms with Gasteiger partial charge in [-0.3, -0.25) is 0 Å². The van der Waals surface area contributed by atoms with Gasteiger partial charge in [-0.25, -0.2) is 26.8 Å². The van der Waals surface area contributed by atoms with Crippen molar-refractivity contribution in [3.63, 3.8) is 0 Å². The van der Waals surface area contributed by atoms with Crippen LogP contribution in [0, 0.1) is 0 Å². The molecule has 2 aromatic heterocycles. The fourth-order valence-corrected chi connectivity index (χ4v) is 7.88. The van der Waals surface area contributed by atoms with Crippen LogP contribution in [-0.2, 0) is 20.2 Å². The molecule has 0 fully saturated rings. The molecular formula is C42H26Cl2N6Na2O8S2. The van der Waals surface area contributed by atoms with Crippen LogP contribution < -0.4 is 79.2 Å². The Hall–Kier alpha value is -4.66. The summed E-state index contributed by atoms with van der Waals surface area (Å²) in [7, 11) is -10.2. The predicted molar refractivity (Wildman–Crippen MR) is 226 cm³/mol. The molecule has 8 rings (SSSR count). The summed E-state index contributed by atoms with van der Waals surface area (Å²) in [5, 5.41) is 9.37. The van der Waals surface area contributed by atoms with Crippen molar-refractivity contribution in [2.45, 2.75) is 9.79 Å². The van der Waals surface area contributed by atoms with Gasteiger partial charge in [0, 0.05) is 23.5 Å². The maximum atomic E-state index is 12.5. The van der Waals surface area contributed by atoms with Gasteiger partial charge < -0.3 is 29.2 Å². The average molecular weight is 924 g/mol. The number of fused-ring (bicyclic) bond motifs is 2. The number of halogens is 2. The van der Waals surface area contributed by atoms with Gasteiger partial charge in [-0.15, -0.1) is 0 Å². The molecule has 20 heteroatoms. The van der Waals surface area contributed by atoms with E-state index in [1.807, 2.05) is 72.8 Å². The fourth-order valence-electron chi connectivity index (χ4n) is 6.14. The quantitative estimate of drug-likeness (QED) is 0.0771. The molecule has 300 valence electrons. The Morgan fingerprint density at radius 2 is 0.871 bits per heavy atom. The number of hydrogen-bond acceptors (Lipinski definition) is 14. The van der Waals surface area contributed by atoms with E-state index in [1.165, 1.54) is 48.6 Å². The minimum absolute atomic E-state index is 0. The number of benzene rings is 6. The summed E-state index contributed by atoms with van der Waals surface area (Å²) < 4.78 is 86.5. The molecule has 14 nitrogen and oxygen atoms in total. The van der Waals surface area contributed by atoms with Crippen molar-refractivity contribution in [2.75, 3.05) is 10.6 Å². The maximum absolute atomic E-state index is 12.5. The van der Waals surface area contributed by atoms with E-state index in [-0.39, 0.29) is 116 Å². The van der Waals surface area contributed by atoms with Crippen molar-refractivity contribution in [3.05, 3.63) is 155 Å². The summed E-state index contributed by atoms with van der Waals surface area (Å²) in [6.45, 7) is 0. The van der Waals surface area contributed by atoms with Crippen molar-refractivity contribution in [2.24, 2.45) is 0 Å². The second kappa shape index (κ2) is 19.8. The minimum atomic E-state index is -5.09. The number of rotatable bonds is 12. The first-order valence-corrected chi connectivity index (χ1v) is 21.1. The van der Waals surface area contributed by atoms with Crippen LogP contribution in [0.4, 0.5) is 23.0 Å². The van der Waals surface area contributed by atoms with Crippen LogP contribution in [0.25, 0.3) is 33.7 Å². The van der Waals surface area contributed by atoms with E-state index < -0.39 is 30.0 Å². The zero-order valence-corrected chi connectivity index (χ0v) is 39.6. The molecule has 8 aromatic rings. The molecule has 0 saturated heterocycles. The van der Waals surface area contributed by atoms with E-state index >= 15 is 0 Å². The average Bonchev–Trinajstić information content (AvgIpc) is 3.19. The Labute approximate surface area is 409 Å². The molecule has 0 saturated carbocycles. The fraction of sp³-hybridized carbons (Fsp3) is 0. The Morgan fingerprint density at radius 3 is 1.26 bits per heavy atom. The summed E-state index contributed by atoms with van der Waals surface area (Å²) in [6, 6.07) is 36.9. The smallest absolute Gasteiger partial charge is 0.744 e. The Bertz CT molecular complexity index is 3030. The van der Waals surface area contributed by atoms with E-state index in [0.717, 1.165) is 33.7 Å². The van der Waals surface area contributed by atoms with Crippen molar-refractivity contribution in [1.29, 1.82) is 0 Å². The molecule has 2 N–H and O–H groups in total. The zero-order valence-electron chi connectivity index (χ0n) is 32.5. The van der Waals surface area contributed by atoms with Gasteiger partial charge >= 0.3 is 59.1 Å². The normalized spacial score (nSPS) is 11.5. The largest absolute Gasteiger partial charge is 1.00 e. The van der Waals surface area contributed by atoms with E-state index in [4.69, 9.17) is 32.7 Å². The van der Waals surface area contributed by atoms with Gasteiger partial charge in [0.25, 0.3) is 0 Å². The molecule has 2 heterocycles. The van der Waals surface area contributed by atoms with Crippen molar-refractivity contribution < 1.29 is 94.5 Å². The van der Waals surface area contributed by atoms with Crippen LogP contribution in [0.15, 0.2) is 143 Å². The second-order valence-electron chi connectivity index (χ2n) is 12.9. The summed E-state index contributed by atoms with van der Waals surface area (Å²) in [4.78, 5) is 15.2. The number of aromatic nitrogens is 4. The molecule has 0 unspecified atom stereocenters. The number of hydrogen-bond donors (Lipinski definition) is 2. The topological polar surface area (TPSA) is 208 Å². The predicted octanol–water partition coefficient (Wildman–Crippen LogP) is 3.94. The number of anilines is 4. The van der Waals surface area contributed by atoms with Gasteiger partial charge in [-0.2, -0.15) is 9.97 Å². The van der Waals surface area contributed by atoms with Gasteiger partial charge in [-0.1, -0.05) is 84.9 Å². The third-order valence-corrected chi connectivity index (χ3v) is 10.9. The first-order chi connectivity index (χ1) is 28.7. The van der Waals surface area contributed by atoms with Gasteiger partial charge in [0.15, 0.2) is 0 Å². The molecule has 0 aliphatic heterocycles. The molecule has 0 bridgehead atoms. The molecule has 0 aliphatic rings. The molecule has 0 radical (unpaired) electrons. The molecular weight excluding hydrogens is 898 g/mol. The SMILES string of the molecule is O=S(=O)([O-])c1cc(Nc2cc(Oc3ccc4ccccc4c3)nc(Cl)n2)ccc1C=Cc1ccc(Nc2cc(Oc3ccc4ccccc4c3)nc(Cl)n2)cc1S(=O)(=O)[O-].[Na+].[Na+]. The molecule has 0 spiro atoms. The zero-order chi connectivity index (χ0) is 42.0. The van der Waals surface area contributed by atoms with Gasteiger partial charge in [0.2, 0.25) is 22.3 Å². The first-order valence-electron chi connectivity index (χ1n) is 17.6. The third kappa shape index (κ3) is 11.7. The molecule has 0 amide bonds. The molecule has 0 atom stereocenters. The van der Waals surface area contributed by atoms with Crippen LogP contribution in [0.1, 0.15) is 11.1 Å². The van der Waals surface area contributed by atoms with E-state index in [1.54, 1.807) is 12.1 Å². The van der Waals surface area contributed by atoms with Crippen molar-refractivity contribution in [1.82, 2.24) is 19.9 Å². The van der Waals surface area contributed by atoms with Crippen molar-refractivity contribution >= 4 is 100 Å². The second-order valence-corrected chi connectivity index (χ2v) is 16.3. The van der Waals surface area contributed by atoms with E-state index in [2.05, 4.69) is 30.6 Å². The Kier molecular flexibility index (Phi) is 15.0. The summed E-state index contributed by atoms with van der Waals surface area (Å²) >= 11 is 12.3. The van der Waals surface area contributed by atoms with Crippen LogP contribution in [0.3, 0.4) is 0 Å². The van der Waals surface area contributed by atoms with Crippen LogP contribution >= 0.6 is 23.2 Å². The summed E-state index contributed by atoms with van der Waals surface area (Å²) in [5.41, 5.74) is 0.0917. The van der Waals surface area contributed by atoms with E-state index in [9.17, 15) is 25.9 Å². The van der Waals surface area contributed by atoms with Crippen LogP contribution in [0.2, 0.25) is 10.6 Å². The van der Waals surface area contributed by atoms with Gasteiger partial charge in [0.1, 0.15) is 43.4 Å². The number of ether oxygens (including phenoxy) is 2. The monoisotopic (exact) mass is 922 g/mol. The van der Waals surface area contributed by atoms with Crippen LogP contribution in [-0.4, -0.2) is 45.9 Å². The summed E-state index contributed by atoms with van der Waals surface area (Å²) in [6.07, 6.45) is 2.40. The molecule has 6 aromatic carbocycles. The van der Waals surface area contributed by atoms with E-state index in [0.29, 0.717) is 11.5 Å². The first kappa shape index (κ1) is 46.8. The van der Waals surface area contributed by atoms with Crippen LogP contribution in [0.5, 0.6) is 23.3 Å². The van der Waals surface area contributed by atoms with Gasteiger partial charge in [0.05, 0.1) is 9.79 Å². The van der Waals surface area contributed by atoms with Crippen molar-refractivity contribution in [3.8, 4) is 23.3 Å². The maximum Gasteiger partial charge on any atom is 1.00 e. The Balaban J connectivity index is 0.00000321. The third-order valence-electron chi connectivity index (χ3n) is 8.79. The minimum Gasteiger partial charge on any atom is -0.744 e. The molecule has 62 heavy (non-hydrogen) atoms. The number of nitrogens with one attached hydrogen (secondary N) is 2. The summed E-state index contributed by atoms with van der Waals surface area (Å²) in [5.74, 6) is 1.39. The Morgan fingerprint density at radius 1 is 0.484 bits per heavy atom. The van der Waals surface area contributed by atoms with Gasteiger partial charge in [-0.05, 0) is 104 Å². The number of nitrogens with zero attached hydrogens (tertiary/aromatic N) is 4. The standard InChI is InChI=1S/C42H28Cl2N6O8S2.2Na/c43-41-47-37(23-39(49-41)57-33-17-13-25-5-1-3-7-29(25)19-33)45-31-15-11-27(35(21-31)59(51,52)53)9-10-28-12-16-32(22-36(28)60(54,55)56)46-38-24-40(50-42(44)48-38)58-34-18-14-26-6-2-4-8-30(26)20-34;;/h1-24H,(H,45,47,49)(H,46,48,50)(H,51,52,53)(H,54,55,56);;/q;2*+1/p-2. The molecule has 0 aliphatic carbocycles.